The third-order valence-electron chi connectivity index (χ3n) is 4.64. The fraction of sp³-hybridized carbons (Fsp3) is 0.500. The monoisotopic (exact) mass is 471 g/mol. The van der Waals surface area contributed by atoms with E-state index in [0.717, 1.165) is 32.5 Å². The molecule has 1 aliphatic heterocycles. The third kappa shape index (κ3) is 15.1. The molecule has 1 saturated heterocycles. The number of carbonyl (C=O) groups is 2. The molecule has 34 heavy (non-hydrogen) atoms. The number of carbonyl (C=O) groups excluding carboxylic acids is 2. The van der Waals surface area contributed by atoms with Gasteiger partial charge in [-0.1, -0.05) is 81.1 Å². The van der Waals surface area contributed by atoms with E-state index in [2.05, 4.69) is 47.6 Å². The lowest BCUT2D eigenvalue weighted by Crippen LogP contribution is -2.37. The maximum Gasteiger partial charge on any atom is 0.407 e. The standard InChI is InChI=1S/C20H26N2O.C6H13NO2.C2H6/c1-2-3-4-5-7-13-19(18-11-8-6-9-12-18)17-22-15-10-14-21-16-20(22)23;1-6(2,3)9-5(8)7-4;1-2/h2-9,11-12,19,21H,1,10,13-17H2;1-4H3,(H,7,8);1-2H3/b4-3-,7-5-;;. The van der Waals surface area contributed by atoms with E-state index in [1.807, 2.05) is 63.8 Å². The van der Waals surface area contributed by atoms with Crippen molar-refractivity contribution in [1.82, 2.24) is 15.5 Å². The zero-order chi connectivity index (χ0) is 25.8. The number of hydrogen-bond acceptors (Lipinski definition) is 4. The van der Waals surface area contributed by atoms with Gasteiger partial charge in [0.05, 0.1) is 6.54 Å². The Morgan fingerprint density at radius 1 is 1.21 bits per heavy atom. The van der Waals surface area contributed by atoms with Gasteiger partial charge in [-0.05, 0) is 45.7 Å². The Balaban J connectivity index is 0.000000836. The van der Waals surface area contributed by atoms with Crippen LogP contribution in [0.4, 0.5) is 4.79 Å². The molecule has 0 aromatic heterocycles. The number of ether oxygens (including phenoxy) is 1. The first kappa shape index (κ1) is 31.1. The lowest BCUT2D eigenvalue weighted by molar-refractivity contribution is -0.129. The second-order valence-electron chi connectivity index (χ2n) is 8.51. The van der Waals surface area contributed by atoms with E-state index in [0.29, 0.717) is 12.5 Å². The Kier molecular flexibility index (Phi) is 17.0. The molecule has 2 N–H and O–H groups in total. The molecule has 1 aromatic carbocycles. The van der Waals surface area contributed by atoms with Crippen LogP contribution >= 0.6 is 0 Å². The molecule has 6 heteroatoms. The van der Waals surface area contributed by atoms with Crippen LogP contribution in [-0.2, 0) is 9.53 Å². The molecule has 0 aliphatic carbocycles. The smallest absolute Gasteiger partial charge is 0.407 e. The van der Waals surface area contributed by atoms with Gasteiger partial charge in [-0.2, -0.15) is 0 Å². The van der Waals surface area contributed by atoms with Gasteiger partial charge in [0.15, 0.2) is 0 Å². The van der Waals surface area contributed by atoms with Crippen LogP contribution in [0.15, 0.2) is 67.3 Å². The lowest BCUT2D eigenvalue weighted by atomic mass is 9.94. The Morgan fingerprint density at radius 3 is 2.44 bits per heavy atom. The number of nitrogens with one attached hydrogen (secondary N) is 2. The van der Waals surface area contributed by atoms with Crippen molar-refractivity contribution in [3.05, 3.63) is 72.9 Å². The minimum absolute atomic E-state index is 0.207. The highest BCUT2D eigenvalue weighted by Crippen LogP contribution is 2.22. The van der Waals surface area contributed by atoms with Gasteiger partial charge < -0.3 is 20.3 Å². The average molecular weight is 472 g/mol. The molecule has 1 fully saturated rings. The third-order valence-corrected chi connectivity index (χ3v) is 4.64. The van der Waals surface area contributed by atoms with Crippen molar-refractivity contribution in [3.8, 4) is 0 Å². The maximum atomic E-state index is 12.2. The van der Waals surface area contributed by atoms with Crippen molar-refractivity contribution in [1.29, 1.82) is 0 Å². The van der Waals surface area contributed by atoms with Gasteiger partial charge in [-0.3, -0.25) is 4.79 Å². The van der Waals surface area contributed by atoms with E-state index in [1.165, 1.54) is 12.6 Å². The first-order valence-electron chi connectivity index (χ1n) is 12.1. The molecule has 1 unspecified atom stereocenters. The van der Waals surface area contributed by atoms with Gasteiger partial charge in [0.25, 0.3) is 0 Å². The van der Waals surface area contributed by atoms with E-state index >= 15 is 0 Å². The van der Waals surface area contributed by atoms with Crippen LogP contribution in [0.3, 0.4) is 0 Å². The summed E-state index contributed by atoms with van der Waals surface area (Å²) in [7, 11) is 1.54. The van der Waals surface area contributed by atoms with Crippen LogP contribution in [-0.4, -0.2) is 55.7 Å². The predicted octanol–water partition coefficient (Wildman–Crippen LogP) is 5.45. The number of rotatable bonds is 7. The Bertz CT molecular complexity index is 752. The molecule has 1 aromatic rings. The summed E-state index contributed by atoms with van der Waals surface area (Å²) < 4.78 is 4.84. The van der Waals surface area contributed by atoms with E-state index in [9.17, 15) is 9.59 Å². The number of hydrogen-bond donors (Lipinski definition) is 2. The summed E-state index contributed by atoms with van der Waals surface area (Å²) >= 11 is 0. The molecule has 0 radical (unpaired) electrons. The molecule has 1 heterocycles. The van der Waals surface area contributed by atoms with Crippen molar-refractivity contribution >= 4 is 12.0 Å². The van der Waals surface area contributed by atoms with Gasteiger partial charge in [-0.15, -0.1) is 0 Å². The largest absolute Gasteiger partial charge is 0.444 e. The van der Waals surface area contributed by atoms with Crippen LogP contribution < -0.4 is 10.6 Å². The summed E-state index contributed by atoms with van der Waals surface area (Å²) in [4.78, 5) is 24.7. The topological polar surface area (TPSA) is 70.7 Å². The van der Waals surface area contributed by atoms with E-state index < -0.39 is 0 Å². The van der Waals surface area contributed by atoms with Crippen molar-refractivity contribution in [3.63, 3.8) is 0 Å². The van der Waals surface area contributed by atoms with Crippen LogP contribution in [0.2, 0.25) is 0 Å². The molecule has 0 bridgehead atoms. The van der Waals surface area contributed by atoms with Gasteiger partial charge >= 0.3 is 6.09 Å². The summed E-state index contributed by atoms with van der Waals surface area (Å²) in [5, 5.41) is 5.54. The van der Waals surface area contributed by atoms with Crippen molar-refractivity contribution < 1.29 is 14.3 Å². The van der Waals surface area contributed by atoms with E-state index in [1.54, 1.807) is 6.08 Å². The second kappa shape index (κ2) is 18.6. The number of alkyl carbamates (subject to hydrolysis) is 1. The molecule has 6 nitrogen and oxygen atoms in total. The zero-order valence-electron chi connectivity index (χ0n) is 22.0. The second-order valence-corrected chi connectivity index (χ2v) is 8.51. The highest BCUT2D eigenvalue weighted by atomic mass is 16.6. The Morgan fingerprint density at radius 2 is 1.88 bits per heavy atom. The normalized spacial score (nSPS) is 14.9. The molecular weight excluding hydrogens is 426 g/mol. The summed E-state index contributed by atoms with van der Waals surface area (Å²) in [6, 6.07) is 10.5. The highest BCUT2D eigenvalue weighted by Gasteiger charge is 2.21. The SMILES string of the molecule is C=C/C=C\C=C/CC(CN1CCCNCC1=O)c1ccccc1.CC.CNC(=O)OC(C)(C)C. The molecule has 0 spiro atoms. The lowest BCUT2D eigenvalue weighted by Gasteiger charge is -2.26. The summed E-state index contributed by atoms with van der Waals surface area (Å²) in [5.74, 6) is 0.533. The van der Waals surface area contributed by atoms with Crippen LogP contribution in [0.5, 0.6) is 0 Å². The van der Waals surface area contributed by atoms with Crippen LogP contribution in [0, 0.1) is 0 Å². The average Bonchev–Trinajstić information content (AvgIpc) is 3.03. The minimum Gasteiger partial charge on any atom is -0.444 e. The fourth-order valence-electron chi connectivity index (χ4n) is 3.12. The quantitative estimate of drug-likeness (QED) is 0.519. The molecule has 2 amide bonds. The Hall–Kier alpha value is -2.86. The van der Waals surface area contributed by atoms with Crippen molar-refractivity contribution in [2.45, 2.75) is 59.0 Å². The van der Waals surface area contributed by atoms with Crippen molar-refractivity contribution in [2.75, 3.05) is 33.2 Å². The summed E-state index contributed by atoms with van der Waals surface area (Å²) in [6.45, 7) is 16.1. The number of amides is 2. The molecule has 2 rings (SSSR count). The number of allylic oxidation sites excluding steroid dienone is 5. The Labute approximate surface area is 207 Å². The highest BCUT2D eigenvalue weighted by molar-refractivity contribution is 5.78. The first-order valence-corrected chi connectivity index (χ1v) is 12.1. The first-order chi connectivity index (χ1) is 16.3. The molecular formula is C28H45N3O3. The molecule has 1 aliphatic rings. The summed E-state index contributed by atoms with van der Waals surface area (Å²) in [6.07, 6.45) is 11.4. The zero-order valence-corrected chi connectivity index (χ0v) is 22.0. The van der Waals surface area contributed by atoms with E-state index in [-0.39, 0.29) is 17.6 Å². The van der Waals surface area contributed by atoms with Gasteiger partial charge in [0.2, 0.25) is 5.91 Å². The van der Waals surface area contributed by atoms with Crippen LogP contribution in [0.1, 0.15) is 58.9 Å². The minimum atomic E-state index is -0.389. The predicted molar refractivity (Wildman–Crippen MR) is 143 cm³/mol. The van der Waals surface area contributed by atoms with E-state index in [4.69, 9.17) is 4.74 Å². The maximum absolute atomic E-state index is 12.2. The molecule has 190 valence electrons. The van der Waals surface area contributed by atoms with Crippen LogP contribution in [0.25, 0.3) is 0 Å². The van der Waals surface area contributed by atoms with Gasteiger partial charge in [0.1, 0.15) is 5.60 Å². The summed E-state index contributed by atoms with van der Waals surface area (Å²) in [5.41, 5.74) is 0.898. The van der Waals surface area contributed by atoms with Gasteiger partial charge in [-0.25, -0.2) is 4.79 Å². The fourth-order valence-corrected chi connectivity index (χ4v) is 3.12. The number of nitrogens with zero attached hydrogens (tertiary/aromatic N) is 1. The van der Waals surface area contributed by atoms with Gasteiger partial charge in [0, 0.05) is 26.1 Å². The van der Waals surface area contributed by atoms with Crippen molar-refractivity contribution in [2.24, 2.45) is 0 Å². The number of benzene rings is 1. The molecule has 0 saturated carbocycles. The molecule has 1 atom stereocenters.